The summed E-state index contributed by atoms with van der Waals surface area (Å²) in [6.45, 7) is 2.16. The van der Waals surface area contributed by atoms with Gasteiger partial charge >= 0.3 is 0 Å². The molecular formula is C16H20BrN3. The van der Waals surface area contributed by atoms with Crippen LogP contribution in [0.1, 0.15) is 37.7 Å². The summed E-state index contributed by atoms with van der Waals surface area (Å²) >= 11 is 3.51. The highest BCUT2D eigenvalue weighted by molar-refractivity contribution is 9.10. The van der Waals surface area contributed by atoms with Crippen molar-refractivity contribution in [2.24, 2.45) is 0 Å². The Hall–Kier alpha value is -1.05. The Bertz CT molecular complexity index is 513. The molecule has 0 aromatic heterocycles. The van der Waals surface area contributed by atoms with Gasteiger partial charge in [0, 0.05) is 23.1 Å². The molecule has 0 radical (unpaired) electrons. The molecule has 1 aliphatic carbocycles. The summed E-state index contributed by atoms with van der Waals surface area (Å²) in [7, 11) is 0. The topological polar surface area (TPSA) is 39.1 Å². The molecule has 0 amide bonds. The first kappa shape index (κ1) is 13.9. The first-order chi connectivity index (χ1) is 9.79. The minimum Gasteiger partial charge on any atom is -0.366 e. The second kappa shape index (κ2) is 6.15. The van der Waals surface area contributed by atoms with Crippen molar-refractivity contribution >= 4 is 21.6 Å². The molecule has 3 nitrogen and oxygen atoms in total. The summed E-state index contributed by atoms with van der Waals surface area (Å²) in [5, 5.41) is 13.1. The fourth-order valence-corrected chi connectivity index (χ4v) is 3.45. The molecule has 1 N–H and O–H groups in total. The van der Waals surface area contributed by atoms with Gasteiger partial charge < -0.3 is 10.2 Å². The van der Waals surface area contributed by atoms with Crippen molar-refractivity contribution in [2.45, 2.75) is 44.2 Å². The predicted octanol–water partition coefficient (Wildman–Crippen LogP) is 3.43. The number of piperidine rings is 1. The second-order valence-corrected chi connectivity index (χ2v) is 6.63. The van der Waals surface area contributed by atoms with Gasteiger partial charge in [-0.3, -0.25) is 0 Å². The Morgan fingerprint density at radius 3 is 2.80 bits per heavy atom. The van der Waals surface area contributed by atoms with Gasteiger partial charge in [-0.2, -0.15) is 5.26 Å². The zero-order valence-electron chi connectivity index (χ0n) is 11.6. The van der Waals surface area contributed by atoms with Crippen LogP contribution in [0.4, 0.5) is 5.69 Å². The minimum absolute atomic E-state index is 0.565. The highest BCUT2D eigenvalue weighted by Gasteiger charge is 2.32. The number of anilines is 1. The van der Waals surface area contributed by atoms with Crippen LogP contribution in [0.25, 0.3) is 0 Å². The van der Waals surface area contributed by atoms with Crippen molar-refractivity contribution in [3.05, 3.63) is 28.2 Å². The molecule has 1 unspecified atom stereocenters. The zero-order chi connectivity index (χ0) is 13.9. The molecule has 1 aromatic rings. The van der Waals surface area contributed by atoms with E-state index in [1.807, 2.05) is 12.1 Å². The van der Waals surface area contributed by atoms with Gasteiger partial charge in [0.15, 0.2) is 0 Å². The Balaban J connectivity index is 1.83. The Morgan fingerprint density at radius 2 is 2.15 bits per heavy atom. The van der Waals surface area contributed by atoms with E-state index in [1.165, 1.54) is 32.1 Å². The van der Waals surface area contributed by atoms with Crippen LogP contribution in [0.2, 0.25) is 0 Å². The highest BCUT2D eigenvalue weighted by atomic mass is 79.9. The molecule has 1 atom stereocenters. The van der Waals surface area contributed by atoms with E-state index in [-0.39, 0.29) is 0 Å². The van der Waals surface area contributed by atoms with Crippen LogP contribution in [0, 0.1) is 11.3 Å². The Kier molecular flexibility index (Phi) is 4.28. The fourth-order valence-electron chi connectivity index (χ4n) is 3.01. The van der Waals surface area contributed by atoms with Gasteiger partial charge in [-0.1, -0.05) is 12.5 Å². The Morgan fingerprint density at radius 1 is 1.30 bits per heavy atom. The van der Waals surface area contributed by atoms with Gasteiger partial charge in [-0.05, 0) is 60.3 Å². The quantitative estimate of drug-likeness (QED) is 0.917. The molecule has 2 fully saturated rings. The molecule has 4 heteroatoms. The van der Waals surface area contributed by atoms with Crippen LogP contribution in [0.5, 0.6) is 0 Å². The van der Waals surface area contributed by atoms with E-state index in [9.17, 15) is 5.26 Å². The van der Waals surface area contributed by atoms with Crippen molar-refractivity contribution in [2.75, 3.05) is 18.0 Å². The maximum atomic E-state index is 9.43. The lowest BCUT2D eigenvalue weighted by molar-refractivity contribution is 0.398. The number of nitriles is 1. The van der Waals surface area contributed by atoms with Gasteiger partial charge in [-0.15, -0.1) is 0 Å². The number of nitrogens with one attached hydrogen (secondary N) is 1. The van der Waals surface area contributed by atoms with Crippen LogP contribution < -0.4 is 10.2 Å². The van der Waals surface area contributed by atoms with E-state index in [1.54, 1.807) is 0 Å². The highest BCUT2D eigenvalue weighted by Crippen LogP contribution is 2.36. The molecule has 20 heavy (non-hydrogen) atoms. The molecule has 1 aliphatic heterocycles. The van der Waals surface area contributed by atoms with E-state index in [2.05, 4.69) is 38.3 Å². The van der Waals surface area contributed by atoms with Gasteiger partial charge in [0.05, 0.1) is 11.3 Å². The van der Waals surface area contributed by atoms with Gasteiger partial charge in [0.2, 0.25) is 0 Å². The van der Waals surface area contributed by atoms with E-state index in [4.69, 9.17) is 0 Å². The average molecular weight is 334 g/mol. The second-order valence-electron chi connectivity index (χ2n) is 5.78. The third-order valence-electron chi connectivity index (χ3n) is 4.23. The molecule has 1 saturated heterocycles. The lowest BCUT2D eigenvalue weighted by Crippen LogP contribution is -2.44. The van der Waals surface area contributed by atoms with E-state index in [0.29, 0.717) is 12.1 Å². The summed E-state index contributed by atoms with van der Waals surface area (Å²) in [5.74, 6) is 0. The van der Waals surface area contributed by atoms with Crippen molar-refractivity contribution in [3.8, 4) is 6.07 Å². The number of hydrogen-bond acceptors (Lipinski definition) is 3. The van der Waals surface area contributed by atoms with Gasteiger partial charge in [-0.25, -0.2) is 0 Å². The van der Waals surface area contributed by atoms with Gasteiger partial charge in [0.1, 0.15) is 6.07 Å². The number of halogens is 1. The summed E-state index contributed by atoms with van der Waals surface area (Å²) in [4.78, 5) is 2.45. The summed E-state index contributed by atoms with van der Waals surface area (Å²) in [6, 6.07) is 9.61. The molecule has 3 rings (SSSR count). The van der Waals surface area contributed by atoms with Crippen LogP contribution in [0.15, 0.2) is 22.7 Å². The molecule has 1 heterocycles. The van der Waals surface area contributed by atoms with Crippen molar-refractivity contribution < 1.29 is 0 Å². The molecule has 0 spiro atoms. The van der Waals surface area contributed by atoms with Crippen LogP contribution in [-0.4, -0.2) is 25.2 Å². The first-order valence-electron chi connectivity index (χ1n) is 7.48. The third-order valence-corrected chi connectivity index (χ3v) is 4.89. The maximum Gasteiger partial charge on any atom is 0.103 e. The normalized spacial score (nSPS) is 22.3. The predicted molar refractivity (Wildman–Crippen MR) is 84.9 cm³/mol. The molecule has 1 saturated carbocycles. The van der Waals surface area contributed by atoms with Crippen LogP contribution in [-0.2, 0) is 0 Å². The standard InChI is InChI=1S/C16H20BrN3/c17-15-5-3-6-16(14(15)10-18)20(13-7-8-13)11-12-4-1-2-9-19-12/h3,5-6,12-13,19H,1-2,4,7-9,11H2. The van der Waals surface area contributed by atoms with Crippen LogP contribution in [0.3, 0.4) is 0 Å². The lowest BCUT2D eigenvalue weighted by Gasteiger charge is -2.33. The van der Waals surface area contributed by atoms with Gasteiger partial charge in [0.25, 0.3) is 0 Å². The summed E-state index contributed by atoms with van der Waals surface area (Å²) < 4.78 is 0.903. The molecular weight excluding hydrogens is 314 g/mol. The van der Waals surface area contributed by atoms with E-state index >= 15 is 0 Å². The summed E-state index contributed by atoms with van der Waals surface area (Å²) in [5.41, 5.74) is 1.87. The number of hydrogen-bond donors (Lipinski definition) is 1. The molecule has 2 aliphatic rings. The minimum atomic E-state index is 0.565. The smallest absolute Gasteiger partial charge is 0.103 e. The third kappa shape index (κ3) is 2.99. The number of nitrogens with zero attached hydrogens (tertiary/aromatic N) is 2. The van der Waals surface area contributed by atoms with E-state index in [0.717, 1.165) is 28.8 Å². The largest absolute Gasteiger partial charge is 0.366 e. The van der Waals surface area contributed by atoms with Crippen molar-refractivity contribution in [1.29, 1.82) is 5.26 Å². The SMILES string of the molecule is N#Cc1c(Br)cccc1N(CC1CCCCN1)C1CC1. The molecule has 0 bridgehead atoms. The molecule has 1 aromatic carbocycles. The average Bonchev–Trinajstić information content (AvgIpc) is 3.30. The summed E-state index contributed by atoms with van der Waals surface area (Å²) in [6.07, 6.45) is 6.37. The lowest BCUT2D eigenvalue weighted by atomic mass is 10.0. The van der Waals surface area contributed by atoms with Crippen LogP contribution >= 0.6 is 15.9 Å². The molecule has 106 valence electrons. The first-order valence-corrected chi connectivity index (χ1v) is 8.27. The number of benzene rings is 1. The fraction of sp³-hybridized carbons (Fsp3) is 0.562. The monoisotopic (exact) mass is 333 g/mol. The van der Waals surface area contributed by atoms with Crippen molar-refractivity contribution in [1.82, 2.24) is 5.32 Å². The number of rotatable bonds is 4. The van der Waals surface area contributed by atoms with E-state index < -0.39 is 0 Å². The van der Waals surface area contributed by atoms with Crippen molar-refractivity contribution in [3.63, 3.8) is 0 Å². The Labute approximate surface area is 129 Å². The zero-order valence-corrected chi connectivity index (χ0v) is 13.2. The maximum absolute atomic E-state index is 9.43.